The molecule has 10 nitrogen and oxygen atoms in total. The van der Waals surface area contributed by atoms with Crippen LogP contribution in [-0.4, -0.2) is 51.4 Å². The average Bonchev–Trinajstić information content (AvgIpc) is 3.04. The molecule has 2 aromatic rings. The zero-order valence-electron chi connectivity index (χ0n) is 11.7. The summed E-state index contributed by atoms with van der Waals surface area (Å²) < 4.78 is 50.1. The average molecular weight is 348 g/mol. The van der Waals surface area contributed by atoms with E-state index >= 15 is 0 Å². The molecule has 3 heterocycles. The summed E-state index contributed by atoms with van der Waals surface area (Å²) >= 11 is 0. The van der Waals surface area contributed by atoms with Crippen LogP contribution in [0, 0.1) is 0 Å². The predicted molar refractivity (Wildman–Crippen MR) is 77.7 cm³/mol. The normalized spacial score (nSPS) is 19.7. The quantitative estimate of drug-likeness (QED) is 0.675. The van der Waals surface area contributed by atoms with Crippen LogP contribution in [0.3, 0.4) is 0 Å². The van der Waals surface area contributed by atoms with Gasteiger partial charge in [-0.05, 0) is 6.42 Å². The number of nitrogens with zero attached hydrogens (tertiary/aromatic N) is 5. The Morgan fingerprint density at radius 2 is 2.13 bits per heavy atom. The van der Waals surface area contributed by atoms with Gasteiger partial charge in [0.15, 0.2) is 17.0 Å². The first-order chi connectivity index (χ1) is 10.8. The van der Waals surface area contributed by atoms with Crippen LogP contribution in [0.2, 0.25) is 0 Å². The summed E-state index contributed by atoms with van der Waals surface area (Å²) in [6.45, 7) is -2.42. The Kier molecular flexibility index (Phi) is 3.77. The maximum Gasteiger partial charge on any atom is 0.321 e. The standard InChI is InChI=1S/C10H14F2N8O2S/c11-9(12)20-4-15-6-7(17-10(13)18-8(6)20)16-5-1-2-19(3-5)23(14,21)22/h4-5,9H,1-3H2,(H2,14,21,22)(H3,13,16,17,18). The number of rotatable bonds is 4. The number of aromatic nitrogens is 4. The van der Waals surface area contributed by atoms with Gasteiger partial charge < -0.3 is 11.1 Å². The van der Waals surface area contributed by atoms with Gasteiger partial charge in [-0.1, -0.05) is 0 Å². The molecule has 1 unspecified atom stereocenters. The Balaban J connectivity index is 1.89. The van der Waals surface area contributed by atoms with Gasteiger partial charge in [-0.15, -0.1) is 0 Å². The molecule has 0 spiro atoms. The van der Waals surface area contributed by atoms with Crippen LogP contribution in [0.15, 0.2) is 6.33 Å². The summed E-state index contributed by atoms with van der Waals surface area (Å²) in [5.41, 5.74) is 5.58. The summed E-state index contributed by atoms with van der Waals surface area (Å²) in [6.07, 6.45) is 1.43. The molecule has 1 saturated heterocycles. The molecule has 0 radical (unpaired) electrons. The van der Waals surface area contributed by atoms with Crippen molar-refractivity contribution < 1.29 is 17.2 Å². The molecule has 0 amide bonds. The zero-order valence-corrected chi connectivity index (χ0v) is 12.5. The summed E-state index contributed by atoms with van der Waals surface area (Å²) in [6, 6.07) is -0.289. The van der Waals surface area contributed by atoms with E-state index < -0.39 is 16.8 Å². The number of nitrogens with one attached hydrogen (secondary N) is 1. The third-order valence-electron chi connectivity index (χ3n) is 3.50. The van der Waals surface area contributed by atoms with Crippen molar-refractivity contribution in [3.63, 3.8) is 0 Å². The minimum atomic E-state index is -3.77. The topological polar surface area (TPSA) is 145 Å². The van der Waals surface area contributed by atoms with Gasteiger partial charge >= 0.3 is 6.55 Å². The molecule has 1 aliphatic heterocycles. The van der Waals surface area contributed by atoms with Gasteiger partial charge in [-0.3, -0.25) is 4.57 Å². The second-order valence-corrected chi connectivity index (χ2v) is 6.61. The van der Waals surface area contributed by atoms with E-state index in [1.165, 1.54) is 0 Å². The van der Waals surface area contributed by atoms with E-state index in [0.717, 1.165) is 10.6 Å². The Labute approximate surface area is 129 Å². The van der Waals surface area contributed by atoms with Crippen LogP contribution < -0.4 is 16.2 Å². The van der Waals surface area contributed by atoms with E-state index in [9.17, 15) is 17.2 Å². The Hall–Kier alpha value is -2.12. The minimum Gasteiger partial charge on any atom is -0.368 e. The van der Waals surface area contributed by atoms with Crippen molar-refractivity contribution in [2.24, 2.45) is 5.14 Å². The summed E-state index contributed by atoms with van der Waals surface area (Å²) in [5.74, 6) is -0.0168. The molecule has 126 valence electrons. The lowest BCUT2D eigenvalue weighted by Gasteiger charge is -2.15. The lowest BCUT2D eigenvalue weighted by Crippen LogP contribution is -2.36. The van der Waals surface area contributed by atoms with Crippen molar-refractivity contribution >= 4 is 33.1 Å². The number of imidazole rings is 1. The third-order valence-corrected chi connectivity index (χ3v) is 4.55. The van der Waals surface area contributed by atoms with E-state index in [-0.39, 0.29) is 42.1 Å². The number of halogens is 2. The largest absolute Gasteiger partial charge is 0.368 e. The number of alkyl halides is 2. The molecule has 1 aliphatic rings. The number of hydrogen-bond acceptors (Lipinski definition) is 7. The molecule has 3 rings (SSSR count). The molecule has 0 saturated carbocycles. The highest BCUT2D eigenvalue weighted by atomic mass is 32.2. The smallest absolute Gasteiger partial charge is 0.321 e. The monoisotopic (exact) mass is 348 g/mol. The molecule has 23 heavy (non-hydrogen) atoms. The van der Waals surface area contributed by atoms with E-state index in [0.29, 0.717) is 11.0 Å². The lowest BCUT2D eigenvalue weighted by molar-refractivity contribution is 0.0740. The fourth-order valence-electron chi connectivity index (χ4n) is 2.45. The van der Waals surface area contributed by atoms with Crippen molar-refractivity contribution in [2.75, 3.05) is 24.1 Å². The van der Waals surface area contributed by atoms with E-state index in [1.807, 2.05) is 0 Å². The van der Waals surface area contributed by atoms with Crippen LogP contribution >= 0.6 is 0 Å². The molecule has 13 heteroatoms. The Bertz CT molecular complexity index is 839. The number of fused-ring (bicyclic) bond motifs is 1. The van der Waals surface area contributed by atoms with Gasteiger partial charge in [0.1, 0.15) is 6.33 Å². The van der Waals surface area contributed by atoms with Gasteiger partial charge in [0, 0.05) is 19.1 Å². The number of hydrogen-bond donors (Lipinski definition) is 3. The molecule has 2 aromatic heterocycles. The first-order valence-electron chi connectivity index (χ1n) is 6.58. The fraction of sp³-hybridized carbons (Fsp3) is 0.500. The second-order valence-electron chi connectivity index (χ2n) is 5.07. The van der Waals surface area contributed by atoms with Gasteiger partial charge in [0.05, 0.1) is 0 Å². The van der Waals surface area contributed by atoms with Crippen molar-refractivity contribution in [3.05, 3.63) is 6.33 Å². The predicted octanol–water partition coefficient (Wildman–Crippen LogP) is -0.507. The molecule has 1 atom stereocenters. The molecule has 1 fully saturated rings. The lowest BCUT2D eigenvalue weighted by atomic mass is 10.2. The molecule has 0 aromatic carbocycles. The minimum absolute atomic E-state index is 0.101. The van der Waals surface area contributed by atoms with Gasteiger partial charge in [0.2, 0.25) is 5.95 Å². The molecular formula is C10H14F2N8O2S. The van der Waals surface area contributed by atoms with Crippen molar-refractivity contribution in [1.29, 1.82) is 0 Å². The number of anilines is 2. The van der Waals surface area contributed by atoms with Gasteiger partial charge in [-0.25, -0.2) is 10.1 Å². The van der Waals surface area contributed by atoms with Crippen LogP contribution in [0.25, 0.3) is 11.2 Å². The van der Waals surface area contributed by atoms with E-state index in [4.69, 9.17) is 10.9 Å². The van der Waals surface area contributed by atoms with Gasteiger partial charge in [0.25, 0.3) is 10.2 Å². The maximum absolute atomic E-state index is 12.9. The van der Waals surface area contributed by atoms with Crippen molar-refractivity contribution in [3.8, 4) is 0 Å². The Morgan fingerprint density at radius 3 is 2.74 bits per heavy atom. The summed E-state index contributed by atoms with van der Waals surface area (Å²) in [5, 5.41) is 8.04. The van der Waals surface area contributed by atoms with E-state index in [1.54, 1.807) is 0 Å². The van der Waals surface area contributed by atoms with Gasteiger partial charge in [-0.2, -0.15) is 31.5 Å². The van der Waals surface area contributed by atoms with Crippen LogP contribution in [0.4, 0.5) is 20.5 Å². The summed E-state index contributed by atoms with van der Waals surface area (Å²) in [7, 11) is -3.77. The first-order valence-corrected chi connectivity index (χ1v) is 8.08. The highest BCUT2D eigenvalue weighted by Crippen LogP contribution is 2.25. The molecular weight excluding hydrogens is 334 g/mol. The maximum atomic E-state index is 12.9. The fourth-order valence-corrected chi connectivity index (χ4v) is 3.19. The van der Waals surface area contributed by atoms with Crippen LogP contribution in [0.1, 0.15) is 13.0 Å². The zero-order chi connectivity index (χ0) is 16.8. The molecule has 5 N–H and O–H groups in total. The van der Waals surface area contributed by atoms with Crippen molar-refractivity contribution in [1.82, 2.24) is 23.8 Å². The number of nitrogens with two attached hydrogens (primary N) is 2. The first kappa shape index (κ1) is 15.8. The second kappa shape index (κ2) is 5.50. The SMILES string of the molecule is Nc1nc(NC2CCN(S(N)(=O)=O)C2)c2ncn(C(F)F)c2n1. The Morgan fingerprint density at radius 1 is 1.39 bits per heavy atom. The summed E-state index contributed by atoms with van der Waals surface area (Å²) in [4.78, 5) is 11.6. The number of nitrogen functional groups attached to an aromatic ring is 1. The molecule has 0 bridgehead atoms. The molecule has 0 aliphatic carbocycles. The highest BCUT2D eigenvalue weighted by Gasteiger charge is 2.30. The van der Waals surface area contributed by atoms with Crippen molar-refractivity contribution in [2.45, 2.75) is 19.0 Å². The van der Waals surface area contributed by atoms with Crippen LogP contribution in [-0.2, 0) is 10.2 Å². The third kappa shape index (κ3) is 3.02. The van der Waals surface area contributed by atoms with Crippen LogP contribution in [0.5, 0.6) is 0 Å². The van der Waals surface area contributed by atoms with E-state index in [2.05, 4.69) is 20.3 Å². The highest BCUT2D eigenvalue weighted by molar-refractivity contribution is 7.86.